The fourth-order valence-corrected chi connectivity index (χ4v) is 2.49. The molecule has 0 aromatic carbocycles. The largest absolute Gasteiger partial charge is 0.464 e. The van der Waals surface area contributed by atoms with Crippen LogP contribution >= 0.6 is 0 Å². The molecule has 2 aromatic rings. The van der Waals surface area contributed by atoms with Crippen molar-refractivity contribution in [3.05, 3.63) is 23.9 Å². The minimum atomic E-state index is -0.378. The van der Waals surface area contributed by atoms with Gasteiger partial charge in [-0.1, -0.05) is 0 Å². The number of nitrogens with one attached hydrogen (secondary N) is 1. The van der Waals surface area contributed by atoms with E-state index in [4.69, 9.17) is 4.74 Å². The number of fused-ring (bicyclic) bond motifs is 1. The first kappa shape index (κ1) is 13.8. The summed E-state index contributed by atoms with van der Waals surface area (Å²) in [6.45, 7) is 6.23. The summed E-state index contributed by atoms with van der Waals surface area (Å²) in [6, 6.07) is 3.57. The van der Waals surface area contributed by atoms with Gasteiger partial charge in [0.05, 0.1) is 6.61 Å². The van der Waals surface area contributed by atoms with Gasteiger partial charge >= 0.3 is 5.97 Å². The highest BCUT2D eigenvalue weighted by atomic mass is 16.5. The third-order valence-corrected chi connectivity index (χ3v) is 3.54. The molecule has 0 aliphatic carbocycles. The van der Waals surface area contributed by atoms with Crippen LogP contribution in [0.2, 0.25) is 0 Å². The molecule has 0 bridgehead atoms. The van der Waals surface area contributed by atoms with Crippen molar-refractivity contribution in [3.63, 3.8) is 0 Å². The Morgan fingerprint density at radius 3 is 3.24 bits per heavy atom. The molecular weight excluding hydrogens is 270 g/mol. The molecule has 1 aliphatic heterocycles. The van der Waals surface area contributed by atoms with Crippen LogP contribution in [0.5, 0.6) is 0 Å². The van der Waals surface area contributed by atoms with Crippen LogP contribution in [-0.4, -0.2) is 52.9 Å². The number of esters is 1. The van der Waals surface area contributed by atoms with Crippen LogP contribution in [0.4, 0.5) is 5.95 Å². The molecule has 112 valence electrons. The third kappa shape index (κ3) is 2.69. The Labute approximate surface area is 122 Å². The topological polar surface area (TPSA) is 71.8 Å². The van der Waals surface area contributed by atoms with E-state index >= 15 is 0 Å². The molecule has 0 radical (unpaired) electrons. The van der Waals surface area contributed by atoms with Crippen molar-refractivity contribution < 1.29 is 9.53 Å². The zero-order chi connectivity index (χ0) is 14.8. The van der Waals surface area contributed by atoms with E-state index in [2.05, 4.69) is 15.4 Å². The Hall–Kier alpha value is -2.15. The molecule has 1 atom stereocenters. The Kier molecular flexibility index (Phi) is 3.74. The van der Waals surface area contributed by atoms with Gasteiger partial charge in [-0.25, -0.2) is 9.31 Å². The molecule has 2 aromatic heterocycles. The van der Waals surface area contributed by atoms with Crippen molar-refractivity contribution in [2.45, 2.75) is 19.9 Å². The molecule has 1 fully saturated rings. The first-order chi connectivity index (χ1) is 10.2. The molecule has 7 heteroatoms. The normalized spacial score (nSPS) is 19.0. The van der Waals surface area contributed by atoms with Crippen molar-refractivity contribution in [3.8, 4) is 0 Å². The van der Waals surface area contributed by atoms with E-state index in [9.17, 15) is 4.79 Å². The molecule has 1 N–H and O–H groups in total. The van der Waals surface area contributed by atoms with Crippen molar-refractivity contribution in [2.24, 2.45) is 0 Å². The quantitative estimate of drug-likeness (QED) is 0.824. The molecule has 1 saturated heterocycles. The highest BCUT2D eigenvalue weighted by molar-refractivity contribution is 5.80. The summed E-state index contributed by atoms with van der Waals surface area (Å²) >= 11 is 0. The number of nitrogens with zero attached hydrogens (tertiary/aromatic N) is 4. The van der Waals surface area contributed by atoms with Crippen molar-refractivity contribution in [1.82, 2.24) is 19.9 Å². The zero-order valence-electron chi connectivity index (χ0n) is 12.2. The summed E-state index contributed by atoms with van der Waals surface area (Å²) in [5, 5.41) is 7.68. The molecule has 1 aliphatic rings. The van der Waals surface area contributed by atoms with Gasteiger partial charge in [0.2, 0.25) is 5.95 Å². The van der Waals surface area contributed by atoms with Gasteiger partial charge < -0.3 is 15.0 Å². The molecular formula is C14H19N5O2. The van der Waals surface area contributed by atoms with E-state index in [1.807, 2.05) is 37.1 Å². The summed E-state index contributed by atoms with van der Waals surface area (Å²) in [5.74, 6) is 0.333. The summed E-state index contributed by atoms with van der Waals surface area (Å²) in [4.78, 5) is 18.5. The number of aryl methyl sites for hydroxylation is 1. The van der Waals surface area contributed by atoms with Gasteiger partial charge in [-0.3, -0.25) is 0 Å². The Balaban J connectivity index is 1.92. The fourth-order valence-electron chi connectivity index (χ4n) is 2.49. The Bertz CT molecular complexity index is 654. The number of piperazine rings is 1. The summed E-state index contributed by atoms with van der Waals surface area (Å²) < 4.78 is 6.87. The first-order valence-corrected chi connectivity index (χ1v) is 7.16. The molecule has 0 spiro atoms. The monoisotopic (exact) mass is 289 g/mol. The van der Waals surface area contributed by atoms with E-state index in [-0.39, 0.29) is 12.0 Å². The molecule has 3 heterocycles. The highest BCUT2D eigenvalue weighted by Gasteiger charge is 2.32. The first-order valence-electron chi connectivity index (χ1n) is 7.16. The van der Waals surface area contributed by atoms with Crippen molar-refractivity contribution in [1.29, 1.82) is 0 Å². The maximum atomic E-state index is 12.1. The van der Waals surface area contributed by atoms with Crippen LogP contribution in [0.3, 0.4) is 0 Å². The van der Waals surface area contributed by atoms with Gasteiger partial charge in [0.1, 0.15) is 6.04 Å². The smallest absolute Gasteiger partial charge is 0.330 e. The van der Waals surface area contributed by atoms with Crippen molar-refractivity contribution >= 4 is 17.6 Å². The van der Waals surface area contributed by atoms with Crippen LogP contribution in [0, 0.1) is 6.92 Å². The standard InChI is InChI=1S/C14H19N5O2/c1-3-21-13(20)11-9-15-5-7-18(11)14-16-12-8-10(2)4-6-19(12)17-14/h4,6,8,11,15H,3,5,7,9H2,1-2H3. The molecule has 0 saturated carbocycles. The second-order valence-corrected chi connectivity index (χ2v) is 5.08. The number of hydrogen-bond acceptors (Lipinski definition) is 6. The Morgan fingerprint density at radius 1 is 1.57 bits per heavy atom. The summed E-state index contributed by atoms with van der Waals surface area (Å²) in [5.41, 5.74) is 1.91. The minimum absolute atomic E-state index is 0.236. The van der Waals surface area contributed by atoms with Crippen LogP contribution in [0.25, 0.3) is 5.65 Å². The third-order valence-electron chi connectivity index (χ3n) is 3.54. The molecule has 1 unspecified atom stereocenters. The number of rotatable bonds is 3. The van der Waals surface area contributed by atoms with Gasteiger partial charge in [-0.15, -0.1) is 5.10 Å². The van der Waals surface area contributed by atoms with Crippen LogP contribution in [-0.2, 0) is 9.53 Å². The number of carbonyl (C=O) groups excluding carboxylic acids is 1. The number of anilines is 1. The maximum Gasteiger partial charge on any atom is 0.330 e. The number of aromatic nitrogens is 3. The van der Waals surface area contributed by atoms with Gasteiger partial charge in [-0.05, 0) is 31.5 Å². The Morgan fingerprint density at radius 2 is 2.43 bits per heavy atom. The van der Waals surface area contributed by atoms with Gasteiger partial charge in [0.15, 0.2) is 5.65 Å². The lowest BCUT2D eigenvalue weighted by Crippen LogP contribution is -2.56. The predicted octanol–water partition coefficient (Wildman–Crippen LogP) is 0.379. The van der Waals surface area contributed by atoms with Crippen LogP contribution in [0.15, 0.2) is 18.3 Å². The van der Waals surface area contributed by atoms with Gasteiger partial charge in [0.25, 0.3) is 0 Å². The molecule has 3 rings (SSSR count). The van der Waals surface area contributed by atoms with E-state index in [1.165, 1.54) is 0 Å². The second kappa shape index (κ2) is 5.69. The van der Waals surface area contributed by atoms with E-state index < -0.39 is 0 Å². The second-order valence-electron chi connectivity index (χ2n) is 5.08. The number of pyridine rings is 1. The van der Waals surface area contributed by atoms with Crippen molar-refractivity contribution in [2.75, 3.05) is 31.1 Å². The highest BCUT2D eigenvalue weighted by Crippen LogP contribution is 2.16. The lowest BCUT2D eigenvalue weighted by Gasteiger charge is -2.33. The molecule has 7 nitrogen and oxygen atoms in total. The molecule has 0 amide bonds. The lowest BCUT2D eigenvalue weighted by atomic mass is 10.2. The van der Waals surface area contributed by atoms with Gasteiger partial charge in [0, 0.05) is 25.8 Å². The van der Waals surface area contributed by atoms with E-state index in [1.54, 1.807) is 4.52 Å². The molecule has 21 heavy (non-hydrogen) atoms. The average Bonchev–Trinajstić information content (AvgIpc) is 2.90. The van der Waals surface area contributed by atoms with Crippen LogP contribution in [0.1, 0.15) is 12.5 Å². The van der Waals surface area contributed by atoms with Crippen LogP contribution < -0.4 is 10.2 Å². The predicted molar refractivity (Wildman–Crippen MR) is 78.4 cm³/mol. The number of ether oxygens (including phenoxy) is 1. The number of hydrogen-bond donors (Lipinski definition) is 1. The lowest BCUT2D eigenvalue weighted by molar-refractivity contribution is -0.144. The fraction of sp³-hybridized carbons (Fsp3) is 0.500. The average molecular weight is 289 g/mol. The van der Waals surface area contributed by atoms with Gasteiger partial charge in [-0.2, -0.15) is 4.98 Å². The number of carbonyl (C=O) groups is 1. The summed E-state index contributed by atoms with van der Waals surface area (Å²) in [7, 11) is 0. The zero-order valence-corrected chi connectivity index (χ0v) is 12.2. The maximum absolute atomic E-state index is 12.1. The SMILES string of the molecule is CCOC(=O)C1CNCCN1c1nc2cc(C)ccn2n1. The van der Waals surface area contributed by atoms with E-state index in [0.717, 1.165) is 17.8 Å². The minimum Gasteiger partial charge on any atom is -0.464 e. The van der Waals surface area contributed by atoms with E-state index in [0.29, 0.717) is 25.6 Å². The summed E-state index contributed by atoms with van der Waals surface area (Å²) in [6.07, 6.45) is 1.88.